The minimum Gasteiger partial charge on any atom is -0.491 e. The van der Waals surface area contributed by atoms with E-state index in [4.69, 9.17) is 18.9 Å². The molecule has 4 N–H and O–H groups in total. The molecule has 0 aliphatic carbocycles. The standard InChI is InChI=1S/C51H45N5O10/c1-63-47(59)34(48(60)64-2)20-13-14-30-24-25-36-35(28-30)51(50(62)55-36)41(46(58)52-29-40-53-37-21-10-11-22-38(37)54-40)43-49(61)66-44(32-17-7-4-8-18-32)42(31-15-5-3-6-16-31)56(43)45(51)33-19-9-12-23-39(33)65-27-26-57/h3-12,15-19,21-25,28,34,41-45,57H,20,26-27,29H2,1-2H3,(H,52,58)(H,53,54)(H,55,62). The van der Waals surface area contributed by atoms with E-state index in [9.17, 15) is 14.7 Å². The lowest BCUT2D eigenvalue weighted by Gasteiger charge is -2.46. The molecule has 6 unspecified atom stereocenters. The normalized spacial score (nSPS) is 21.8. The summed E-state index contributed by atoms with van der Waals surface area (Å²) in [4.78, 5) is 81.3. The Kier molecular flexibility index (Phi) is 12.1. The number of morpholine rings is 1. The van der Waals surface area contributed by atoms with Gasteiger partial charge >= 0.3 is 17.9 Å². The monoisotopic (exact) mass is 887 g/mol. The van der Waals surface area contributed by atoms with Gasteiger partial charge in [-0.2, -0.15) is 0 Å². The summed E-state index contributed by atoms with van der Waals surface area (Å²) < 4.78 is 22.4. The molecule has 2 amide bonds. The predicted molar refractivity (Wildman–Crippen MR) is 239 cm³/mol. The maximum absolute atomic E-state index is 15.6. The van der Waals surface area contributed by atoms with E-state index in [0.29, 0.717) is 45.0 Å². The molecule has 66 heavy (non-hydrogen) atoms. The molecule has 5 aromatic carbocycles. The molecule has 0 radical (unpaired) electrons. The highest BCUT2D eigenvalue weighted by Crippen LogP contribution is 2.65. The molecule has 0 bridgehead atoms. The number of benzene rings is 5. The first-order valence-electron chi connectivity index (χ1n) is 21.4. The first-order valence-corrected chi connectivity index (χ1v) is 21.4. The number of nitrogens with zero attached hydrogens (tertiary/aromatic N) is 2. The van der Waals surface area contributed by atoms with Crippen molar-refractivity contribution < 1.29 is 48.0 Å². The summed E-state index contributed by atoms with van der Waals surface area (Å²) >= 11 is 0. The lowest BCUT2D eigenvalue weighted by molar-refractivity contribution is -0.178. The van der Waals surface area contributed by atoms with Gasteiger partial charge in [0.1, 0.15) is 35.7 Å². The lowest BCUT2D eigenvalue weighted by atomic mass is 9.65. The van der Waals surface area contributed by atoms with Crippen molar-refractivity contribution in [1.29, 1.82) is 0 Å². The minimum atomic E-state index is -1.90. The second-order valence-corrected chi connectivity index (χ2v) is 16.1. The maximum atomic E-state index is 15.6. The lowest BCUT2D eigenvalue weighted by Crippen LogP contribution is -2.54. The van der Waals surface area contributed by atoms with Crippen molar-refractivity contribution in [2.75, 3.05) is 32.8 Å². The third-order valence-electron chi connectivity index (χ3n) is 12.5. The number of imidazole rings is 1. The number of fused-ring (bicyclic) bond motifs is 4. The van der Waals surface area contributed by atoms with Gasteiger partial charge in [-0.3, -0.25) is 28.9 Å². The van der Waals surface area contributed by atoms with Crippen LogP contribution in [0.5, 0.6) is 5.75 Å². The molecule has 0 saturated carbocycles. The SMILES string of the molecule is COC(=O)C(CC#Cc1ccc2c(c1)C1(C(=O)N2)C(C(=O)NCc2nc3ccccc3[nH]2)C2C(=O)OC(c3ccccc3)C(c3ccccc3)N2C1c1ccccc1OCCO)C(=O)OC. The van der Waals surface area contributed by atoms with Crippen molar-refractivity contribution in [2.45, 2.75) is 42.6 Å². The first-order chi connectivity index (χ1) is 32.2. The molecule has 1 aromatic heterocycles. The van der Waals surface area contributed by atoms with Crippen LogP contribution in [-0.2, 0) is 50.1 Å². The Labute approximate surface area is 379 Å². The molecule has 2 fully saturated rings. The van der Waals surface area contributed by atoms with Gasteiger partial charge in [0.2, 0.25) is 11.8 Å². The fourth-order valence-corrected chi connectivity index (χ4v) is 9.81. The number of esters is 3. The van der Waals surface area contributed by atoms with Crippen LogP contribution in [0.15, 0.2) is 127 Å². The number of ether oxygens (including phenoxy) is 4. The molecule has 6 aromatic rings. The van der Waals surface area contributed by atoms with Crippen molar-refractivity contribution in [3.8, 4) is 17.6 Å². The summed E-state index contributed by atoms with van der Waals surface area (Å²) in [5.41, 5.74) is 2.62. The van der Waals surface area contributed by atoms with E-state index >= 15 is 14.4 Å². The Balaban J connectivity index is 1.28. The van der Waals surface area contributed by atoms with Crippen LogP contribution >= 0.6 is 0 Å². The number of H-pyrrole nitrogens is 1. The molecule has 3 aliphatic rings. The molecule has 9 rings (SSSR count). The Morgan fingerprint density at radius 1 is 0.864 bits per heavy atom. The highest BCUT2D eigenvalue weighted by molar-refractivity contribution is 6.12. The van der Waals surface area contributed by atoms with Crippen LogP contribution in [0.25, 0.3) is 11.0 Å². The van der Waals surface area contributed by atoms with Gasteiger partial charge in [-0.1, -0.05) is 103 Å². The molecule has 334 valence electrons. The van der Waals surface area contributed by atoms with Crippen molar-refractivity contribution >= 4 is 46.4 Å². The topological polar surface area (TPSA) is 198 Å². The average Bonchev–Trinajstić information content (AvgIpc) is 4.01. The average molecular weight is 888 g/mol. The van der Waals surface area contributed by atoms with Crippen LogP contribution < -0.4 is 15.4 Å². The van der Waals surface area contributed by atoms with Crippen molar-refractivity contribution in [3.63, 3.8) is 0 Å². The molecule has 2 saturated heterocycles. The highest BCUT2D eigenvalue weighted by atomic mass is 16.6. The smallest absolute Gasteiger partial charge is 0.324 e. The van der Waals surface area contributed by atoms with E-state index in [1.54, 1.807) is 42.5 Å². The quantitative estimate of drug-likeness (QED) is 0.0542. The second-order valence-electron chi connectivity index (χ2n) is 16.1. The molecular weight excluding hydrogens is 843 g/mol. The minimum absolute atomic E-state index is 0.0704. The first kappa shape index (κ1) is 43.5. The summed E-state index contributed by atoms with van der Waals surface area (Å²) in [6.07, 6.45) is -1.14. The zero-order valence-electron chi connectivity index (χ0n) is 35.9. The number of aliphatic hydroxyl groups excluding tert-OH is 1. The third-order valence-corrected chi connectivity index (χ3v) is 12.5. The highest BCUT2D eigenvalue weighted by Gasteiger charge is 2.74. The number of methoxy groups -OCH3 is 2. The summed E-state index contributed by atoms with van der Waals surface area (Å²) in [6.45, 7) is -0.464. The summed E-state index contributed by atoms with van der Waals surface area (Å²) in [7, 11) is 2.33. The van der Waals surface area contributed by atoms with Gasteiger partial charge in [0.05, 0.1) is 56.4 Å². The van der Waals surface area contributed by atoms with Crippen LogP contribution in [0, 0.1) is 23.7 Å². The van der Waals surface area contributed by atoms with E-state index in [0.717, 1.165) is 25.3 Å². The number of carbonyl (C=O) groups excluding carboxylic acids is 5. The van der Waals surface area contributed by atoms with Crippen molar-refractivity contribution in [3.05, 3.63) is 161 Å². The molecular formula is C51H45N5O10. The van der Waals surface area contributed by atoms with Crippen LogP contribution in [0.2, 0.25) is 0 Å². The number of nitrogens with one attached hydrogen (secondary N) is 3. The number of cyclic esters (lactones) is 1. The number of aliphatic hydroxyl groups is 1. The summed E-state index contributed by atoms with van der Waals surface area (Å²) in [5, 5.41) is 16.1. The fourth-order valence-electron chi connectivity index (χ4n) is 9.81. The number of hydrogen-bond acceptors (Lipinski definition) is 12. The van der Waals surface area contributed by atoms with Gasteiger partial charge in [-0.05, 0) is 53.1 Å². The largest absolute Gasteiger partial charge is 0.491 e. The number of carbonyl (C=O) groups is 5. The number of hydrogen-bond donors (Lipinski definition) is 4. The van der Waals surface area contributed by atoms with Crippen LogP contribution in [0.3, 0.4) is 0 Å². The number of amides is 2. The van der Waals surface area contributed by atoms with Crippen LogP contribution in [-0.4, -0.2) is 83.2 Å². The molecule has 15 nitrogen and oxygen atoms in total. The van der Waals surface area contributed by atoms with Gasteiger partial charge in [0.25, 0.3) is 0 Å². The van der Waals surface area contributed by atoms with E-state index < -0.39 is 71.2 Å². The molecule has 3 aliphatic heterocycles. The van der Waals surface area contributed by atoms with Gasteiger partial charge < -0.3 is 39.7 Å². The number of aromatic amines is 1. The van der Waals surface area contributed by atoms with Crippen molar-refractivity contribution in [2.24, 2.45) is 11.8 Å². The third kappa shape index (κ3) is 7.59. The molecule has 6 atom stereocenters. The Hall–Kier alpha value is -7.80. The molecule has 15 heteroatoms. The Morgan fingerprint density at radius 3 is 2.26 bits per heavy atom. The molecule has 4 heterocycles. The zero-order chi connectivity index (χ0) is 46.0. The van der Waals surface area contributed by atoms with Gasteiger partial charge in [0.15, 0.2) is 5.92 Å². The zero-order valence-corrected chi connectivity index (χ0v) is 35.9. The van der Waals surface area contributed by atoms with E-state index in [1.807, 2.05) is 89.8 Å². The summed E-state index contributed by atoms with van der Waals surface area (Å²) in [6, 6.07) is 35.2. The van der Waals surface area contributed by atoms with Crippen molar-refractivity contribution in [1.82, 2.24) is 20.2 Å². The number of anilines is 1. The molecule has 1 spiro atoms. The maximum Gasteiger partial charge on any atom is 0.324 e. The fraction of sp³-hybridized carbons (Fsp3) is 0.255. The number of rotatable bonds is 12. The van der Waals surface area contributed by atoms with E-state index in [2.05, 4.69) is 32.4 Å². The van der Waals surface area contributed by atoms with Gasteiger partial charge in [-0.25, -0.2) is 4.98 Å². The summed E-state index contributed by atoms with van der Waals surface area (Å²) in [5.74, 6) is 0.449. The van der Waals surface area contributed by atoms with Gasteiger partial charge in [-0.15, -0.1) is 0 Å². The predicted octanol–water partition coefficient (Wildman–Crippen LogP) is 5.23. The van der Waals surface area contributed by atoms with Gasteiger partial charge in [0, 0.05) is 23.2 Å². The van der Waals surface area contributed by atoms with E-state index in [1.165, 1.54) is 0 Å². The number of para-hydroxylation sites is 3. The van der Waals surface area contributed by atoms with E-state index in [-0.39, 0.29) is 26.2 Å². The Morgan fingerprint density at radius 2 is 1.55 bits per heavy atom. The Bertz CT molecular complexity index is 2840. The van der Waals surface area contributed by atoms with Crippen LogP contribution in [0.4, 0.5) is 5.69 Å². The van der Waals surface area contributed by atoms with Crippen LogP contribution in [0.1, 0.15) is 58.3 Å². The second kappa shape index (κ2) is 18.4. The number of aromatic nitrogens is 2.